The number of hydroxylamine groups is 2. The van der Waals surface area contributed by atoms with Crippen molar-refractivity contribution in [1.29, 1.82) is 0 Å². The van der Waals surface area contributed by atoms with E-state index in [1.54, 1.807) is 14.0 Å². The molecule has 0 aromatic heterocycles. The highest BCUT2D eigenvalue weighted by atomic mass is 16.7. The minimum atomic E-state index is -0.494. The third-order valence-corrected chi connectivity index (χ3v) is 14.2. The van der Waals surface area contributed by atoms with E-state index in [9.17, 15) is 14.4 Å². The fourth-order valence-corrected chi connectivity index (χ4v) is 11.5. The third kappa shape index (κ3) is 4.15. The average molecular weight is 569 g/mol. The van der Waals surface area contributed by atoms with Gasteiger partial charge in [0.1, 0.15) is 0 Å². The molecule has 41 heavy (non-hydrogen) atoms. The van der Waals surface area contributed by atoms with E-state index in [0.29, 0.717) is 18.2 Å². The van der Waals surface area contributed by atoms with Gasteiger partial charge in [0, 0.05) is 30.8 Å². The summed E-state index contributed by atoms with van der Waals surface area (Å²) in [6, 6.07) is 0.144. The van der Waals surface area contributed by atoms with Crippen molar-refractivity contribution >= 4 is 17.6 Å². The van der Waals surface area contributed by atoms with Gasteiger partial charge in [-0.25, -0.2) is 5.06 Å². The van der Waals surface area contributed by atoms with Crippen LogP contribution in [0, 0.1) is 50.2 Å². The van der Waals surface area contributed by atoms with E-state index in [2.05, 4.69) is 59.9 Å². The highest BCUT2D eigenvalue weighted by Crippen LogP contribution is 2.75. The van der Waals surface area contributed by atoms with Gasteiger partial charge in [0.15, 0.2) is 5.78 Å². The number of fused-ring (bicyclic) bond motifs is 7. The van der Waals surface area contributed by atoms with Crippen LogP contribution < -0.4 is 5.32 Å². The van der Waals surface area contributed by atoms with E-state index >= 15 is 0 Å². The molecule has 0 aliphatic heterocycles. The van der Waals surface area contributed by atoms with Crippen LogP contribution in [0.4, 0.5) is 0 Å². The van der Waals surface area contributed by atoms with Crippen molar-refractivity contribution in [3.63, 3.8) is 0 Å². The second-order valence-corrected chi connectivity index (χ2v) is 16.5. The Morgan fingerprint density at radius 1 is 0.976 bits per heavy atom. The van der Waals surface area contributed by atoms with E-state index in [0.717, 1.165) is 57.8 Å². The maximum atomic E-state index is 14.6. The van der Waals surface area contributed by atoms with Gasteiger partial charge in [-0.3, -0.25) is 19.2 Å². The number of ketones is 1. The molecule has 5 aliphatic carbocycles. The van der Waals surface area contributed by atoms with E-state index in [-0.39, 0.29) is 56.8 Å². The molecular formula is C35H56N2O4. The molecule has 1 N–H and O–H groups in total. The van der Waals surface area contributed by atoms with Crippen LogP contribution in [-0.2, 0) is 19.2 Å². The minimum Gasteiger partial charge on any atom is -0.353 e. The SMILES string of the molecule is CCN(OC)C(=O)[C@@]1(C)CC[C@]2(C)CC[C@]3(C)C(=CC(=O)[C@@H]4[C@@]5(C)CC[C@H](NC(C)=O)C(C)(C)C5CC[C@]43C)[C@@H]2C1. The molecule has 9 atom stereocenters. The van der Waals surface area contributed by atoms with Gasteiger partial charge in [-0.05, 0) is 110 Å². The van der Waals surface area contributed by atoms with Crippen LogP contribution in [0.25, 0.3) is 0 Å². The summed E-state index contributed by atoms with van der Waals surface area (Å²) in [5.41, 5.74) is 0.569. The summed E-state index contributed by atoms with van der Waals surface area (Å²) in [5.74, 6) is 1.01. The molecule has 0 aromatic carbocycles. The fraction of sp³-hybridized carbons (Fsp3) is 0.857. The Morgan fingerprint density at radius 2 is 1.63 bits per heavy atom. The topological polar surface area (TPSA) is 75.7 Å². The second-order valence-electron chi connectivity index (χ2n) is 16.5. The summed E-state index contributed by atoms with van der Waals surface area (Å²) < 4.78 is 0. The molecule has 0 saturated heterocycles. The highest BCUT2D eigenvalue weighted by molar-refractivity contribution is 5.95. The van der Waals surface area contributed by atoms with Crippen LogP contribution in [-0.4, -0.2) is 42.4 Å². The Bertz CT molecular complexity index is 1160. The zero-order chi connectivity index (χ0) is 30.4. The van der Waals surface area contributed by atoms with Crippen molar-refractivity contribution in [2.75, 3.05) is 13.7 Å². The van der Waals surface area contributed by atoms with Gasteiger partial charge in [0.05, 0.1) is 7.11 Å². The molecule has 4 fully saturated rings. The lowest BCUT2D eigenvalue weighted by Gasteiger charge is -2.70. The van der Waals surface area contributed by atoms with Crippen LogP contribution in [0.15, 0.2) is 11.6 Å². The summed E-state index contributed by atoms with van der Waals surface area (Å²) in [5, 5.41) is 4.78. The van der Waals surface area contributed by atoms with Crippen molar-refractivity contribution in [1.82, 2.24) is 10.4 Å². The summed E-state index contributed by atoms with van der Waals surface area (Å²) >= 11 is 0. The molecule has 0 heterocycles. The molecule has 4 saturated carbocycles. The molecule has 0 spiro atoms. The lowest BCUT2D eigenvalue weighted by Crippen LogP contribution is -2.67. The first kappa shape index (κ1) is 30.8. The first-order chi connectivity index (χ1) is 18.9. The van der Waals surface area contributed by atoms with Crippen LogP contribution in [0.5, 0.6) is 0 Å². The zero-order valence-corrected chi connectivity index (χ0v) is 27.5. The van der Waals surface area contributed by atoms with Gasteiger partial charge in [-0.1, -0.05) is 54.0 Å². The maximum Gasteiger partial charge on any atom is 0.252 e. The Hall–Kier alpha value is -1.69. The summed E-state index contributed by atoms with van der Waals surface area (Å²) in [6.45, 7) is 20.6. The molecule has 0 aromatic rings. The number of nitrogens with zero attached hydrogens (tertiary/aromatic N) is 1. The van der Waals surface area contributed by atoms with Gasteiger partial charge in [0.2, 0.25) is 5.91 Å². The van der Waals surface area contributed by atoms with Gasteiger partial charge < -0.3 is 5.32 Å². The molecule has 2 amide bonds. The van der Waals surface area contributed by atoms with E-state index < -0.39 is 5.41 Å². The van der Waals surface area contributed by atoms with Crippen molar-refractivity contribution in [3.8, 4) is 0 Å². The quantitative estimate of drug-likeness (QED) is 0.375. The fourth-order valence-electron chi connectivity index (χ4n) is 11.5. The Morgan fingerprint density at radius 3 is 2.24 bits per heavy atom. The molecule has 230 valence electrons. The number of carbonyl (C=O) groups is 3. The molecule has 6 heteroatoms. The smallest absolute Gasteiger partial charge is 0.252 e. The lowest BCUT2D eigenvalue weighted by molar-refractivity contribution is -0.196. The van der Waals surface area contributed by atoms with Gasteiger partial charge >= 0.3 is 0 Å². The molecule has 5 aliphatic rings. The molecule has 5 rings (SSSR count). The summed E-state index contributed by atoms with van der Waals surface area (Å²) in [6.07, 6.45) is 11.0. The summed E-state index contributed by atoms with van der Waals surface area (Å²) in [4.78, 5) is 45.8. The molecule has 6 nitrogen and oxygen atoms in total. The first-order valence-corrected chi connectivity index (χ1v) is 16.3. The predicted molar refractivity (Wildman–Crippen MR) is 161 cm³/mol. The second kappa shape index (κ2) is 9.66. The Kier molecular flexibility index (Phi) is 7.24. The predicted octanol–water partition coefficient (Wildman–Crippen LogP) is 6.88. The van der Waals surface area contributed by atoms with Crippen molar-refractivity contribution < 1.29 is 19.2 Å². The maximum absolute atomic E-state index is 14.6. The van der Waals surface area contributed by atoms with Crippen LogP contribution >= 0.6 is 0 Å². The number of nitrogens with one attached hydrogen (secondary N) is 1. The molecule has 0 radical (unpaired) electrons. The van der Waals surface area contributed by atoms with Gasteiger partial charge in [-0.2, -0.15) is 0 Å². The number of amides is 2. The van der Waals surface area contributed by atoms with E-state index in [1.807, 2.05) is 6.92 Å². The van der Waals surface area contributed by atoms with Crippen molar-refractivity contribution in [2.45, 2.75) is 126 Å². The first-order valence-electron chi connectivity index (χ1n) is 16.3. The number of rotatable bonds is 4. The van der Waals surface area contributed by atoms with Gasteiger partial charge in [-0.15, -0.1) is 0 Å². The molecular weight excluding hydrogens is 512 g/mol. The van der Waals surface area contributed by atoms with Crippen LogP contribution in [0.1, 0.15) is 120 Å². The average Bonchev–Trinajstić information content (AvgIpc) is 2.88. The third-order valence-electron chi connectivity index (χ3n) is 14.2. The van der Waals surface area contributed by atoms with Crippen LogP contribution in [0.3, 0.4) is 0 Å². The zero-order valence-electron chi connectivity index (χ0n) is 27.5. The highest BCUT2D eigenvalue weighted by Gasteiger charge is 2.70. The number of carbonyl (C=O) groups excluding carboxylic acids is 3. The molecule has 0 bridgehead atoms. The van der Waals surface area contributed by atoms with Gasteiger partial charge in [0.25, 0.3) is 5.91 Å². The minimum absolute atomic E-state index is 0.0231. The number of allylic oxidation sites excluding steroid dienone is 2. The normalized spacial score (nSPS) is 46.7. The number of hydrogen-bond donors (Lipinski definition) is 1. The lowest BCUT2D eigenvalue weighted by atomic mass is 9.33. The van der Waals surface area contributed by atoms with Crippen molar-refractivity contribution in [2.24, 2.45) is 50.2 Å². The Balaban J connectivity index is 1.55. The standard InChI is InChI=1S/C35H56N2O4/c1-11-37(41-10)29(40)32(6)17-16-31(5)18-19-34(8)23(24(31)21-32)20-25(39)28-33(7)14-13-27(36-22(2)38)30(3,4)26(33)12-15-35(28,34)9/h20,24,26-28H,11-19,21H2,1-10H3,(H,36,38)/t24-,26?,27-,28+,31+,32-,33-,34+,35+/m0/s1. The summed E-state index contributed by atoms with van der Waals surface area (Å²) in [7, 11) is 1.58. The monoisotopic (exact) mass is 568 g/mol. The number of hydrogen-bond acceptors (Lipinski definition) is 4. The van der Waals surface area contributed by atoms with E-state index in [1.165, 1.54) is 10.6 Å². The van der Waals surface area contributed by atoms with Crippen molar-refractivity contribution in [3.05, 3.63) is 11.6 Å². The Labute approximate surface area is 248 Å². The van der Waals surface area contributed by atoms with Crippen LogP contribution in [0.2, 0.25) is 0 Å². The molecule has 1 unspecified atom stereocenters. The largest absolute Gasteiger partial charge is 0.353 e. The van der Waals surface area contributed by atoms with E-state index in [4.69, 9.17) is 4.84 Å².